The first-order chi connectivity index (χ1) is 10.3. The maximum Gasteiger partial charge on any atom is 0.229 e. The summed E-state index contributed by atoms with van der Waals surface area (Å²) in [5, 5.41) is 2.89. The third-order valence-electron chi connectivity index (χ3n) is 3.44. The molecule has 4 heteroatoms. The van der Waals surface area contributed by atoms with Crippen LogP contribution in [0, 0.1) is 11.2 Å². The molecule has 0 bridgehead atoms. The molecule has 3 nitrogen and oxygen atoms in total. The molecule has 0 fully saturated rings. The second kappa shape index (κ2) is 6.26. The first-order valence-electron chi connectivity index (χ1n) is 7.38. The second-order valence-corrected chi connectivity index (χ2v) is 6.22. The standard InChI is InChI=1S/C18H21FN2O/c1-5-14-16(19)13(10-11-20-14)12-8-6-7-9-15(12)21-17(22)18(2,3)4/h6-11H,5H2,1-4H3,(H,21,22). The molecule has 2 aromatic rings. The van der Waals surface area contributed by atoms with E-state index in [1.54, 1.807) is 24.4 Å². The van der Waals surface area contributed by atoms with E-state index in [0.717, 1.165) is 0 Å². The molecule has 0 unspecified atom stereocenters. The molecular formula is C18H21FN2O. The summed E-state index contributed by atoms with van der Waals surface area (Å²) in [5.74, 6) is -0.437. The van der Waals surface area contributed by atoms with Crippen molar-refractivity contribution >= 4 is 11.6 Å². The summed E-state index contributed by atoms with van der Waals surface area (Å²) in [4.78, 5) is 16.3. The van der Waals surface area contributed by atoms with Gasteiger partial charge in [-0.05, 0) is 18.6 Å². The Morgan fingerprint density at radius 1 is 1.18 bits per heavy atom. The first kappa shape index (κ1) is 16.1. The lowest BCUT2D eigenvalue weighted by Crippen LogP contribution is -2.27. The number of amides is 1. The molecule has 0 saturated heterocycles. The minimum absolute atomic E-state index is 0.106. The first-order valence-corrected chi connectivity index (χ1v) is 7.38. The lowest BCUT2D eigenvalue weighted by Gasteiger charge is -2.19. The fourth-order valence-corrected chi connectivity index (χ4v) is 2.08. The molecule has 22 heavy (non-hydrogen) atoms. The van der Waals surface area contributed by atoms with Crippen LogP contribution in [0.3, 0.4) is 0 Å². The fourth-order valence-electron chi connectivity index (χ4n) is 2.08. The van der Waals surface area contributed by atoms with Crippen LogP contribution >= 0.6 is 0 Å². The fraction of sp³-hybridized carbons (Fsp3) is 0.333. The Balaban J connectivity index is 2.48. The zero-order chi connectivity index (χ0) is 16.3. The predicted octanol–water partition coefficient (Wildman–Crippen LogP) is 4.43. The van der Waals surface area contributed by atoms with Crippen LogP contribution in [-0.4, -0.2) is 10.9 Å². The molecule has 1 N–H and O–H groups in total. The van der Waals surface area contributed by atoms with Gasteiger partial charge in [-0.1, -0.05) is 45.9 Å². The van der Waals surface area contributed by atoms with Crippen LogP contribution in [0.25, 0.3) is 11.1 Å². The van der Waals surface area contributed by atoms with Crippen LogP contribution in [0.5, 0.6) is 0 Å². The van der Waals surface area contributed by atoms with Crippen LogP contribution in [0.4, 0.5) is 10.1 Å². The SMILES string of the molecule is CCc1nccc(-c2ccccc2NC(=O)C(C)(C)C)c1F. The Morgan fingerprint density at radius 2 is 1.86 bits per heavy atom. The van der Waals surface area contributed by atoms with Crippen LogP contribution in [-0.2, 0) is 11.2 Å². The minimum atomic E-state index is -0.515. The third kappa shape index (κ3) is 3.32. The Bertz CT molecular complexity index is 690. The quantitative estimate of drug-likeness (QED) is 0.910. The highest BCUT2D eigenvalue weighted by molar-refractivity contribution is 5.98. The number of aryl methyl sites for hydroxylation is 1. The van der Waals surface area contributed by atoms with Gasteiger partial charge in [0, 0.05) is 28.4 Å². The maximum atomic E-state index is 14.5. The van der Waals surface area contributed by atoms with Crippen LogP contribution in [0.2, 0.25) is 0 Å². The Morgan fingerprint density at radius 3 is 2.50 bits per heavy atom. The van der Waals surface area contributed by atoms with E-state index in [-0.39, 0.29) is 11.7 Å². The zero-order valence-electron chi connectivity index (χ0n) is 13.4. The summed E-state index contributed by atoms with van der Waals surface area (Å²) in [7, 11) is 0. The molecule has 0 aliphatic rings. The van der Waals surface area contributed by atoms with Crippen LogP contribution < -0.4 is 5.32 Å². The number of pyridine rings is 1. The molecule has 1 aromatic heterocycles. The zero-order valence-corrected chi connectivity index (χ0v) is 13.4. The van der Waals surface area contributed by atoms with Gasteiger partial charge in [-0.15, -0.1) is 0 Å². The highest BCUT2D eigenvalue weighted by atomic mass is 19.1. The monoisotopic (exact) mass is 300 g/mol. The van der Waals surface area contributed by atoms with E-state index in [9.17, 15) is 9.18 Å². The van der Waals surface area contributed by atoms with Gasteiger partial charge in [0.15, 0.2) is 5.82 Å². The van der Waals surface area contributed by atoms with Gasteiger partial charge >= 0.3 is 0 Å². The van der Waals surface area contributed by atoms with E-state index < -0.39 is 5.41 Å². The van der Waals surface area contributed by atoms with Crippen LogP contribution in [0.1, 0.15) is 33.4 Å². The molecule has 0 atom stereocenters. The average molecular weight is 300 g/mol. The number of rotatable bonds is 3. The van der Waals surface area contributed by atoms with Gasteiger partial charge in [-0.2, -0.15) is 0 Å². The minimum Gasteiger partial charge on any atom is -0.325 e. The van der Waals surface area contributed by atoms with Gasteiger partial charge in [0.25, 0.3) is 0 Å². The van der Waals surface area contributed by atoms with Crippen molar-refractivity contribution in [3.05, 3.63) is 48.0 Å². The van der Waals surface area contributed by atoms with Crippen molar-refractivity contribution in [1.82, 2.24) is 4.98 Å². The third-order valence-corrected chi connectivity index (χ3v) is 3.44. The number of hydrogen-bond acceptors (Lipinski definition) is 2. The topological polar surface area (TPSA) is 42.0 Å². The van der Waals surface area contributed by atoms with Gasteiger partial charge < -0.3 is 5.32 Å². The molecule has 0 radical (unpaired) electrons. The molecule has 116 valence electrons. The van der Waals surface area contributed by atoms with E-state index in [2.05, 4.69) is 10.3 Å². The van der Waals surface area contributed by atoms with Gasteiger partial charge in [-0.25, -0.2) is 4.39 Å². The van der Waals surface area contributed by atoms with E-state index in [4.69, 9.17) is 0 Å². The van der Waals surface area contributed by atoms with Crippen molar-refractivity contribution in [1.29, 1.82) is 0 Å². The molecule has 0 aliphatic carbocycles. The number of anilines is 1. The Labute approximate surface area is 130 Å². The highest BCUT2D eigenvalue weighted by Crippen LogP contribution is 2.31. The van der Waals surface area contributed by atoms with Crippen molar-refractivity contribution in [3.63, 3.8) is 0 Å². The number of halogens is 1. The summed E-state index contributed by atoms with van der Waals surface area (Å²) in [6.45, 7) is 7.38. The molecule has 2 rings (SSSR count). The smallest absolute Gasteiger partial charge is 0.229 e. The Hall–Kier alpha value is -2.23. The molecule has 1 aromatic carbocycles. The lowest BCUT2D eigenvalue weighted by atomic mass is 9.95. The number of nitrogens with zero attached hydrogens (tertiary/aromatic N) is 1. The summed E-state index contributed by atoms with van der Waals surface area (Å²) in [6.07, 6.45) is 2.12. The van der Waals surface area contributed by atoms with Crippen molar-refractivity contribution in [3.8, 4) is 11.1 Å². The highest BCUT2D eigenvalue weighted by Gasteiger charge is 2.22. The van der Waals surface area contributed by atoms with Crippen LogP contribution in [0.15, 0.2) is 36.5 Å². The number of carbonyl (C=O) groups is 1. The average Bonchev–Trinajstić information content (AvgIpc) is 2.47. The van der Waals surface area contributed by atoms with E-state index >= 15 is 0 Å². The molecule has 0 spiro atoms. The molecular weight excluding hydrogens is 279 g/mol. The number of aromatic nitrogens is 1. The lowest BCUT2D eigenvalue weighted by molar-refractivity contribution is -0.123. The molecule has 1 heterocycles. The number of para-hydroxylation sites is 1. The number of nitrogens with one attached hydrogen (secondary N) is 1. The predicted molar refractivity (Wildman–Crippen MR) is 87.1 cm³/mol. The summed E-state index contributed by atoms with van der Waals surface area (Å²) < 4.78 is 14.5. The number of benzene rings is 1. The summed E-state index contributed by atoms with van der Waals surface area (Å²) in [6, 6.07) is 8.87. The van der Waals surface area contributed by atoms with Crippen molar-refractivity contribution in [2.75, 3.05) is 5.32 Å². The maximum absolute atomic E-state index is 14.5. The molecule has 0 saturated carbocycles. The number of carbonyl (C=O) groups excluding carboxylic acids is 1. The second-order valence-electron chi connectivity index (χ2n) is 6.22. The van der Waals surface area contributed by atoms with Gasteiger partial charge in [0.1, 0.15) is 0 Å². The molecule has 1 amide bonds. The normalized spacial score (nSPS) is 11.3. The van der Waals surface area contributed by atoms with Gasteiger partial charge in [0.05, 0.1) is 5.69 Å². The largest absolute Gasteiger partial charge is 0.325 e. The van der Waals surface area contributed by atoms with E-state index in [1.165, 1.54) is 0 Å². The van der Waals surface area contributed by atoms with E-state index in [0.29, 0.717) is 28.9 Å². The molecule has 0 aliphatic heterocycles. The van der Waals surface area contributed by atoms with Crippen molar-refractivity contribution < 1.29 is 9.18 Å². The van der Waals surface area contributed by atoms with Crippen molar-refractivity contribution in [2.24, 2.45) is 5.41 Å². The number of hydrogen-bond donors (Lipinski definition) is 1. The van der Waals surface area contributed by atoms with Gasteiger partial charge in [0.2, 0.25) is 5.91 Å². The van der Waals surface area contributed by atoms with E-state index in [1.807, 2.05) is 39.8 Å². The summed E-state index contributed by atoms with van der Waals surface area (Å²) in [5.41, 5.74) is 1.63. The van der Waals surface area contributed by atoms with Gasteiger partial charge in [-0.3, -0.25) is 9.78 Å². The van der Waals surface area contributed by atoms with Crippen molar-refractivity contribution in [2.45, 2.75) is 34.1 Å². The Kier molecular flexibility index (Phi) is 4.59. The summed E-state index contributed by atoms with van der Waals surface area (Å²) >= 11 is 0.